The van der Waals surface area contributed by atoms with Crippen molar-refractivity contribution in [2.45, 2.75) is 20.8 Å². The minimum atomic E-state index is -0.485. The van der Waals surface area contributed by atoms with Crippen molar-refractivity contribution in [1.82, 2.24) is 0 Å². The van der Waals surface area contributed by atoms with E-state index in [1.54, 1.807) is 19.1 Å². The summed E-state index contributed by atoms with van der Waals surface area (Å²) in [5, 5.41) is 2.60. The number of amides is 1. The first-order valence-corrected chi connectivity index (χ1v) is 6.29. The number of ether oxygens (including phenoxy) is 2. The molecule has 0 fully saturated rings. The second-order valence-electron chi connectivity index (χ2n) is 3.11. The van der Waals surface area contributed by atoms with E-state index in [0.717, 1.165) is 0 Å². The third-order valence-electron chi connectivity index (χ3n) is 1.83. The van der Waals surface area contributed by atoms with E-state index >= 15 is 0 Å². The molecule has 0 bridgehead atoms. The molecule has 1 N–H and O–H groups in total. The highest BCUT2D eigenvalue weighted by atomic mass is 16.6. The van der Waals surface area contributed by atoms with Crippen LogP contribution in [0.5, 0.6) is 0 Å². The molecule has 0 aliphatic heterocycles. The van der Waals surface area contributed by atoms with E-state index in [1.807, 2.05) is 32.0 Å². The molecule has 0 aliphatic carbocycles. The molecular formula is C15H21NO3. The lowest BCUT2D eigenvalue weighted by molar-refractivity contribution is 0.0943. The third-order valence-corrected chi connectivity index (χ3v) is 1.83. The lowest BCUT2D eigenvalue weighted by atomic mass is 10.3. The van der Waals surface area contributed by atoms with Crippen molar-refractivity contribution in [3.63, 3.8) is 0 Å². The molecule has 4 nitrogen and oxygen atoms in total. The van der Waals surface area contributed by atoms with E-state index in [1.165, 1.54) is 0 Å². The lowest BCUT2D eigenvalue weighted by Crippen LogP contribution is -2.16. The molecular weight excluding hydrogens is 242 g/mol. The van der Waals surface area contributed by atoms with Gasteiger partial charge in [-0.15, -0.1) is 5.92 Å². The maximum atomic E-state index is 11.3. The zero-order valence-corrected chi connectivity index (χ0v) is 11.7. The minimum absolute atomic E-state index is 0.212. The second kappa shape index (κ2) is 12.5. The molecule has 0 saturated heterocycles. The Labute approximate surface area is 115 Å². The van der Waals surface area contributed by atoms with Gasteiger partial charge in [-0.05, 0) is 19.1 Å². The van der Waals surface area contributed by atoms with Gasteiger partial charge in [0.15, 0.2) is 0 Å². The number of anilines is 1. The summed E-state index contributed by atoms with van der Waals surface area (Å²) in [6, 6.07) is 9.12. The van der Waals surface area contributed by atoms with Crippen LogP contribution in [0.15, 0.2) is 30.3 Å². The van der Waals surface area contributed by atoms with E-state index < -0.39 is 6.09 Å². The Hall–Kier alpha value is -1.99. The largest absolute Gasteiger partial charge is 0.447 e. The number of carbonyl (C=O) groups is 1. The molecule has 0 aromatic heterocycles. The molecule has 0 heterocycles. The van der Waals surface area contributed by atoms with Gasteiger partial charge >= 0.3 is 6.09 Å². The zero-order valence-electron chi connectivity index (χ0n) is 11.7. The highest BCUT2D eigenvalue weighted by Crippen LogP contribution is 2.04. The van der Waals surface area contributed by atoms with Crippen LogP contribution in [-0.4, -0.2) is 25.9 Å². The molecule has 1 amide bonds. The fraction of sp³-hybridized carbons (Fsp3) is 0.400. The van der Waals surface area contributed by atoms with Crippen LogP contribution in [0, 0.1) is 11.8 Å². The van der Waals surface area contributed by atoms with Crippen molar-refractivity contribution in [1.29, 1.82) is 0 Å². The summed E-state index contributed by atoms with van der Waals surface area (Å²) in [6.07, 6.45) is -0.485. The number of carbonyl (C=O) groups excluding carboxylic acids is 1. The van der Waals surface area contributed by atoms with Gasteiger partial charge in [-0.2, -0.15) is 0 Å². The average molecular weight is 263 g/mol. The van der Waals surface area contributed by atoms with Gasteiger partial charge in [0, 0.05) is 5.69 Å². The molecule has 0 spiro atoms. The van der Waals surface area contributed by atoms with Crippen molar-refractivity contribution in [3.8, 4) is 11.8 Å². The Bertz CT molecular complexity index is 393. The fourth-order valence-corrected chi connectivity index (χ4v) is 1.06. The van der Waals surface area contributed by atoms with Crippen molar-refractivity contribution in [2.75, 3.05) is 25.1 Å². The summed E-state index contributed by atoms with van der Waals surface area (Å²) >= 11 is 0. The molecule has 4 heteroatoms. The third kappa shape index (κ3) is 9.69. The Kier molecular flexibility index (Phi) is 11.2. The summed E-state index contributed by atoms with van der Waals surface area (Å²) in [5.41, 5.74) is 0.704. The number of hydrogen-bond donors (Lipinski definition) is 1. The Morgan fingerprint density at radius 1 is 1.21 bits per heavy atom. The SMILES string of the molecule is CC.CC#CCOCCOC(=O)Nc1ccccc1. The van der Waals surface area contributed by atoms with Gasteiger partial charge in [-0.3, -0.25) is 5.32 Å². The molecule has 104 valence electrons. The summed E-state index contributed by atoms with van der Waals surface area (Å²) < 4.78 is 10.00. The lowest BCUT2D eigenvalue weighted by Gasteiger charge is -2.06. The Balaban J connectivity index is 0.00000154. The van der Waals surface area contributed by atoms with Gasteiger partial charge in [0.2, 0.25) is 0 Å². The number of hydrogen-bond acceptors (Lipinski definition) is 3. The molecule has 1 aromatic carbocycles. The molecule has 0 unspecified atom stereocenters. The first-order chi connectivity index (χ1) is 9.33. The normalized spacial score (nSPS) is 8.37. The quantitative estimate of drug-likeness (QED) is 0.655. The monoisotopic (exact) mass is 263 g/mol. The number of benzene rings is 1. The second-order valence-corrected chi connectivity index (χ2v) is 3.11. The van der Waals surface area contributed by atoms with E-state index in [0.29, 0.717) is 18.9 Å². The molecule has 0 atom stereocenters. The van der Waals surface area contributed by atoms with Gasteiger partial charge in [-0.25, -0.2) is 4.79 Å². The predicted molar refractivity (Wildman–Crippen MR) is 77.0 cm³/mol. The Morgan fingerprint density at radius 3 is 2.53 bits per heavy atom. The van der Waals surface area contributed by atoms with Crippen LogP contribution in [0.4, 0.5) is 10.5 Å². The van der Waals surface area contributed by atoms with E-state index in [-0.39, 0.29) is 6.61 Å². The van der Waals surface area contributed by atoms with Gasteiger partial charge in [0.1, 0.15) is 13.2 Å². The standard InChI is InChI=1S/C13H15NO3.C2H6/c1-2-3-9-16-10-11-17-13(15)14-12-7-5-4-6-8-12;1-2/h4-8H,9-11H2,1H3,(H,14,15);1-2H3. The number of nitrogens with one attached hydrogen (secondary N) is 1. The average Bonchev–Trinajstić information content (AvgIpc) is 2.46. The number of rotatable bonds is 5. The van der Waals surface area contributed by atoms with Crippen molar-refractivity contribution < 1.29 is 14.3 Å². The van der Waals surface area contributed by atoms with E-state index in [2.05, 4.69) is 17.2 Å². The molecule has 0 aliphatic rings. The molecule has 1 aromatic rings. The van der Waals surface area contributed by atoms with Crippen molar-refractivity contribution >= 4 is 11.8 Å². The summed E-state index contributed by atoms with van der Waals surface area (Å²) in [4.78, 5) is 11.3. The molecule has 1 rings (SSSR count). The topological polar surface area (TPSA) is 47.6 Å². The maximum Gasteiger partial charge on any atom is 0.411 e. The van der Waals surface area contributed by atoms with Crippen LogP contribution in [0.1, 0.15) is 20.8 Å². The predicted octanol–water partition coefficient (Wildman–Crippen LogP) is 3.30. The first-order valence-electron chi connectivity index (χ1n) is 6.29. The first kappa shape index (κ1) is 17.0. The molecule has 19 heavy (non-hydrogen) atoms. The van der Waals surface area contributed by atoms with Crippen molar-refractivity contribution in [3.05, 3.63) is 30.3 Å². The Morgan fingerprint density at radius 2 is 1.89 bits per heavy atom. The van der Waals surface area contributed by atoms with Crippen LogP contribution in [0.2, 0.25) is 0 Å². The minimum Gasteiger partial charge on any atom is -0.447 e. The molecule has 0 radical (unpaired) electrons. The smallest absolute Gasteiger partial charge is 0.411 e. The van der Waals surface area contributed by atoms with Gasteiger partial charge in [0.25, 0.3) is 0 Å². The zero-order chi connectivity index (χ0) is 14.3. The van der Waals surface area contributed by atoms with Crippen LogP contribution in [0.3, 0.4) is 0 Å². The van der Waals surface area contributed by atoms with Crippen LogP contribution in [0.25, 0.3) is 0 Å². The van der Waals surface area contributed by atoms with Gasteiger partial charge < -0.3 is 9.47 Å². The number of para-hydroxylation sites is 1. The van der Waals surface area contributed by atoms with E-state index in [4.69, 9.17) is 9.47 Å². The highest BCUT2D eigenvalue weighted by molar-refractivity contribution is 5.84. The highest BCUT2D eigenvalue weighted by Gasteiger charge is 2.01. The summed E-state index contributed by atoms with van der Waals surface area (Å²) in [7, 11) is 0. The maximum absolute atomic E-state index is 11.3. The van der Waals surface area contributed by atoms with Crippen molar-refractivity contribution in [2.24, 2.45) is 0 Å². The van der Waals surface area contributed by atoms with Crippen LogP contribution in [-0.2, 0) is 9.47 Å². The van der Waals surface area contributed by atoms with Gasteiger partial charge in [-0.1, -0.05) is 38.0 Å². The van der Waals surface area contributed by atoms with Crippen LogP contribution < -0.4 is 5.32 Å². The summed E-state index contributed by atoms with van der Waals surface area (Å²) in [5.74, 6) is 5.45. The van der Waals surface area contributed by atoms with E-state index in [9.17, 15) is 4.79 Å². The summed E-state index contributed by atoms with van der Waals surface area (Å²) in [6.45, 7) is 6.66. The van der Waals surface area contributed by atoms with Gasteiger partial charge in [0.05, 0.1) is 6.61 Å². The fourth-order valence-electron chi connectivity index (χ4n) is 1.06. The molecule has 0 saturated carbocycles. The van der Waals surface area contributed by atoms with Crippen LogP contribution >= 0.6 is 0 Å².